The number of furan rings is 1. The predicted octanol–water partition coefficient (Wildman–Crippen LogP) is 2.99. The Hall–Kier alpha value is -3.48. The number of carbonyl (C=O) groups excluding carboxylic acids is 2. The van der Waals surface area contributed by atoms with Gasteiger partial charge in [0.05, 0.1) is 6.26 Å². The number of pyridine rings is 1. The lowest BCUT2D eigenvalue weighted by atomic mass is 10.1. The Morgan fingerprint density at radius 2 is 2.07 bits per heavy atom. The minimum absolute atomic E-state index is 0.143. The zero-order chi connectivity index (χ0) is 19.9. The van der Waals surface area contributed by atoms with Gasteiger partial charge in [-0.3, -0.25) is 14.6 Å². The lowest BCUT2D eigenvalue weighted by Crippen LogP contribution is -2.42. The summed E-state index contributed by atoms with van der Waals surface area (Å²) in [6.45, 7) is 0.307. The molecule has 0 aliphatic rings. The molecule has 3 rings (SSSR count). The minimum atomic E-state index is -0.876. The number of likely N-dealkylation sites (N-methyl/N-ethyl adjacent to an activating group) is 1. The highest BCUT2D eigenvalue weighted by molar-refractivity contribution is 5.95. The Bertz CT molecular complexity index is 929. The van der Waals surface area contributed by atoms with Crippen molar-refractivity contribution in [2.45, 2.75) is 12.5 Å². The van der Waals surface area contributed by atoms with Crippen LogP contribution in [0.2, 0.25) is 0 Å². The van der Waals surface area contributed by atoms with Crippen molar-refractivity contribution >= 4 is 11.8 Å². The molecule has 0 saturated heterocycles. The van der Waals surface area contributed by atoms with Gasteiger partial charge in [-0.25, -0.2) is 4.39 Å². The smallest absolute Gasteiger partial charge is 0.290 e. The molecule has 1 aromatic carbocycles. The van der Waals surface area contributed by atoms with Gasteiger partial charge >= 0.3 is 0 Å². The topological polar surface area (TPSA) is 75.4 Å². The Balaban J connectivity index is 1.73. The summed E-state index contributed by atoms with van der Waals surface area (Å²) in [5, 5.41) is 2.82. The maximum atomic E-state index is 13.3. The van der Waals surface area contributed by atoms with Crippen molar-refractivity contribution in [1.82, 2.24) is 15.2 Å². The fraction of sp³-hybridized carbons (Fsp3) is 0.190. The Morgan fingerprint density at radius 3 is 2.75 bits per heavy atom. The second-order valence-electron chi connectivity index (χ2n) is 6.25. The van der Waals surface area contributed by atoms with E-state index in [0.717, 1.165) is 5.56 Å². The molecule has 2 amide bonds. The predicted molar refractivity (Wildman–Crippen MR) is 101 cm³/mol. The summed E-state index contributed by atoms with van der Waals surface area (Å²) in [4.78, 5) is 30.9. The van der Waals surface area contributed by atoms with E-state index in [2.05, 4.69) is 10.3 Å². The van der Waals surface area contributed by atoms with Crippen LogP contribution in [-0.4, -0.2) is 35.3 Å². The molecule has 144 valence electrons. The fourth-order valence-electron chi connectivity index (χ4n) is 2.90. The number of halogens is 1. The second kappa shape index (κ2) is 8.94. The molecule has 2 aromatic heterocycles. The SMILES string of the molecule is CN(C(=O)c1ccco1)C(C(=O)NCCc1cccc(F)c1)c1cccnc1. The van der Waals surface area contributed by atoms with Crippen LogP contribution in [-0.2, 0) is 11.2 Å². The van der Waals surface area contributed by atoms with Crippen LogP contribution >= 0.6 is 0 Å². The van der Waals surface area contributed by atoms with Crippen LogP contribution in [0.15, 0.2) is 71.6 Å². The van der Waals surface area contributed by atoms with E-state index in [1.807, 2.05) is 0 Å². The summed E-state index contributed by atoms with van der Waals surface area (Å²) in [6.07, 6.45) is 5.01. The molecule has 0 spiro atoms. The van der Waals surface area contributed by atoms with E-state index in [4.69, 9.17) is 4.42 Å². The standard InChI is InChI=1S/C21H20FN3O3/c1-25(21(27)18-8-4-12-28-18)19(16-6-3-10-23-14-16)20(26)24-11-9-15-5-2-7-17(22)13-15/h2-8,10,12-14,19H,9,11H2,1H3,(H,24,26). The van der Waals surface area contributed by atoms with E-state index in [1.54, 1.807) is 48.8 Å². The Labute approximate surface area is 162 Å². The summed E-state index contributed by atoms with van der Waals surface area (Å²) in [7, 11) is 1.54. The van der Waals surface area contributed by atoms with Crippen molar-refractivity contribution in [3.8, 4) is 0 Å². The number of nitrogens with zero attached hydrogens (tertiary/aromatic N) is 2. The average molecular weight is 381 g/mol. The van der Waals surface area contributed by atoms with Gasteiger partial charge in [-0.05, 0) is 42.3 Å². The largest absolute Gasteiger partial charge is 0.459 e. The summed E-state index contributed by atoms with van der Waals surface area (Å²) in [6, 6.07) is 11.9. The number of hydrogen-bond donors (Lipinski definition) is 1. The number of hydrogen-bond acceptors (Lipinski definition) is 4. The highest BCUT2D eigenvalue weighted by atomic mass is 19.1. The molecule has 3 aromatic rings. The van der Waals surface area contributed by atoms with Crippen molar-refractivity contribution in [2.24, 2.45) is 0 Å². The minimum Gasteiger partial charge on any atom is -0.459 e. The van der Waals surface area contributed by atoms with Crippen LogP contribution in [0.1, 0.15) is 27.7 Å². The molecule has 0 aliphatic heterocycles. The lowest BCUT2D eigenvalue weighted by molar-refractivity contribution is -0.125. The van der Waals surface area contributed by atoms with Crippen LogP contribution in [0.4, 0.5) is 4.39 Å². The second-order valence-corrected chi connectivity index (χ2v) is 6.25. The molecule has 6 nitrogen and oxygen atoms in total. The highest BCUT2D eigenvalue weighted by Crippen LogP contribution is 2.21. The van der Waals surface area contributed by atoms with Crippen LogP contribution in [0, 0.1) is 5.82 Å². The first-order valence-corrected chi connectivity index (χ1v) is 8.79. The monoisotopic (exact) mass is 381 g/mol. The molecule has 7 heteroatoms. The Kier molecular flexibility index (Phi) is 6.16. The van der Waals surface area contributed by atoms with E-state index >= 15 is 0 Å². The average Bonchev–Trinajstić information content (AvgIpc) is 3.23. The summed E-state index contributed by atoms with van der Waals surface area (Å²) < 4.78 is 18.4. The molecule has 0 bridgehead atoms. The van der Waals surface area contributed by atoms with Gasteiger partial charge in [-0.2, -0.15) is 0 Å². The fourth-order valence-corrected chi connectivity index (χ4v) is 2.90. The molecule has 1 unspecified atom stereocenters. The van der Waals surface area contributed by atoms with Crippen LogP contribution in [0.3, 0.4) is 0 Å². The number of carbonyl (C=O) groups is 2. The van der Waals surface area contributed by atoms with E-state index < -0.39 is 11.9 Å². The van der Waals surface area contributed by atoms with Gasteiger partial charge in [-0.1, -0.05) is 18.2 Å². The maximum absolute atomic E-state index is 13.3. The third kappa shape index (κ3) is 4.62. The van der Waals surface area contributed by atoms with Crippen LogP contribution in [0.5, 0.6) is 0 Å². The maximum Gasteiger partial charge on any atom is 0.290 e. The number of benzene rings is 1. The van der Waals surface area contributed by atoms with Gasteiger partial charge in [0.25, 0.3) is 5.91 Å². The van der Waals surface area contributed by atoms with Crippen LogP contribution in [0.25, 0.3) is 0 Å². The summed E-state index contributed by atoms with van der Waals surface area (Å²) in [5.74, 6) is -0.948. The molecular weight excluding hydrogens is 361 g/mol. The first kappa shape index (κ1) is 19.3. The van der Waals surface area contributed by atoms with Gasteiger partial charge in [-0.15, -0.1) is 0 Å². The van der Waals surface area contributed by atoms with Crippen LogP contribution < -0.4 is 5.32 Å². The number of nitrogens with one attached hydrogen (secondary N) is 1. The molecular formula is C21H20FN3O3. The van der Waals surface area contributed by atoms with Gasteiger partial charge in [0, 0.05) is 31.5 Å². The van der Waals surface area contributed by atoms with Crippen molar-refractivity contribution in [1.29, 1.82) is 0 Å². The molecule has 28 heavy (non-hydrogen) atoms. The number of amides is 2. The van der Waals surface area contributed by atoms with Gasteiger partial charge in [0.2, 0.25) is 5.91 Å². The first-order valence-electron chi connectivity index (χ1n) is 8.79. The zero-order valence-electron chi connectivity index (χ0n) is 15.3. The van der Waals surface area contributed by atoms with Crippen molar-refractivity contribution in [3.63, 3.8) is 0 Å². The van der Waals surface area contributed by atoms with Gasteiger partial charge in [0.1, 0.15) is 11.9 Å². The normalized spacial score (nSPS) is 11.6. The van der Waals surface area contributed by atoms with E-state index in [-0.39, 0.29) is 17.5 Å². The molecule has 2 heterocycles. The molecule has 0 fully saturated rings. The first-order chi connectivity index (χ1) is 13.6. The van der Waals surface area contributed by atoms with E-state index in [9.17, 15) is 14.0 Å². The van der Waals surface area contributed by atoms with Gasteiger partial charge < -0.3 is 14.6 Å². The quantitative estimate of drug-likeness (QED) is 0.683. The van der Waals surface area contributed by atoms with Crippen molar-refractivity contribution < 1.29 is 18.4 Å². The highest BCUT2D eigenvalue weighted by Gasteiger charge is 2.30. The molecule has 1 N–H and O–H groups in total. The summed E-state index contributed by atoms with van der Waals surface area (Å²) >= 11 is 0. The summed E-state index contributed by atoms with van der Waals surface area (Å²) in [5.41, 5.74) is 1.35. The molecule has 0 aliphatic carbocycles. The molecule has 0 saturated carbocycles. The number of rotatable bonds is 7. The third-order valence-corrected chi connectivity index (χ3v) is 4.29. The molecule has 0 radical (unpaired) electrons. The van der Waals surface area contributed by atoms with E-state index in [1.165, 1.54) is 30.3 Å². The van der Waals surface area contributed by atoms with Crippen molar-refractivity contribution in [2.75, 3.05) is 13.6 Å². The van der Waals surface area contributed by atoms with Crippen molar-refractivity contribution in [3.05, 3.63) is 89.9 Å². The zero-order valence-corrected chi connectivity index (χ0v) is 15.3. The lowest BCUT2D eigenvalue weighted by Gasteiger charge is -2.26. The Morgan fingerprint density at radius 1 is 1.21 bits per heavy atom. The third-order valence-electron chi connectivity index (χ3n) is 4.29. The van der Waals surface area contributed by atoms with Gasteiger partial charge in [0.15, 0.2) is 5.76 Å². The van der Waals surface area contributed by atoms with E-state index in [0.29, 0.717) is 18.5 Å². The molecule has 1 atom stereocenters. The number of aromatic nitrogens is 1.